The van der Waals surface area contributed by atoms with Gasteiger partial charge in [-0.3, -0.25) is 0 Å². The van der Waals surface area contributed by atoms with Crippen molar-refractivity contribution in [3.05, 3.63) is 30.5 Å². The fraction of sp³-hybridized carbons (Fsp3) is 0.444. The summed E-state index contributed by atoms with van der Waals surface area (Å²) in [5, 5.41) is 11.8. The van der Waals surface area contributed by atoms with Crippen LogP contribution in [0.3, 0.4) is 0 Å². The topological polar surface area (TPSA) is 104 Å². The minimum Gasteiger partial charge on any atom is -0.497 e. The Kier molecular flexibility index (Phi) is 4.66. The van der Waals surface area contributed by atoms with Crippen molar-refractivity contribution in [1.29, 1.82) is 0 Å². The van der Waals surface area contributed by atoms with Crippen molar-refractivity contribution in [2.45, 2.75) is 31.7 Å². The summed E-state index contributed by atoms with van der Waals surface area (Å²) in [5.41, 5.74) is 8.00. The molecule has 0 aliphatic heterocycles. The van der Waals surface area contributed by atoms with E-state index in [2.05, 4.69) is 25.6 Å². The first kappa shape index (κ1) is 16.7. The number of benzene rings is 1. The van der Waals surface area contributed by atoms with Gasteiger partial charge in [0.15, 0.2) is 11.2 Å². The number of fused-ring (bicyclic) bond motifs is 1. The lowest BCUT2D eigenvalue weighted by Gasteiger charge is -2.28. The van der Waals surface area contributed by atoms with Gasteiger partial charge in [0, 0.05) is 6.04 Å². The van der Waals surface area contributed by atoms with E-state index in [1.807, 2.05) is 24.3 Å². The molecule has 0 spiro atoms. The summed E-state index contributed by atoms with van der Waals surface area (Å²) < 4.78 is 6.92. The second-order valence-electron chi connectivity index (χ2n) is 6.70. The molecule has 1 aromatic carbocycles. The van der Waals surface area contributed by atoms with Crippen LogP contribution in [0.15, 0.2) is 30.5 Å². The summed E-state index contributed by atoms with van der Waals surface area (Å²) in [6.45, 7) is 0.780. The molecule has 0 atom stereocenters. The van der Waals surface area contributed by atoms with E-state index in [4.69, 9.17) is 10.5 Å². The van der Waals surface area contributed by atoms with Gasteiger partial charge in [0.05, 0.1) is 19.0 Å². The van der Waals surface area contributed by atoms with Crippen LogP contribution in [0.1, 0.15) is 25.7 Å². The van der Waals surface area contributed by atoms with Crippen molar-refractivity contribution in [3.8, 4) is 11.4 Å². The van der Waals surface area contributed by atoms with E-state index < -0.39 is 0 Å². The molecule has 0 saturated heterocycles. The zero-order chi connectivity index (χ0) is 17.9. The number of hydrogen-bond donors (Lipinski definition) is 2. The average molecular weight is 353 g/mol. The molecule has 136 valence electrons. The summed E-state index contributed by atoms with van der Waals surface area (Å²) >= 11 is 0. The Morgan fingerprint density at radius 3 is 2.65 bits per heavy atom. The highest BCUT2D eigenvalue weighted by Gasteiger charge is 2.21. The molecule has 3 aromatic rings. The van der Waals surface area contributed by atoms with E-state index in [9.17, 15) is 0 Å². The van der Waals surface area contributed by atoms with E-state index in [1.54, 1.807) is 18.0 Å². The third-order valence-corrected chi connectivity index (χ3v) is 5.02. The third kappa shape index (κ3) is 3.32. The molecule has 0 bridgehead atoms. The third-order valence-electron chi connectivity index (χ3n) is 5.02. The minimum absolute atomic E-state index is 0.389. The monoisotopic (exact) mass is 353 g/mol. The molecular weight excluding hydrogens is 330 g/mol. The summed E-state index contributed by atoms with van der Waals surface area (Å²) in [6.07, 6.45) is 6.21. The Hall–Kier alpha value is -2.74. The molecule has 1 aliphatic rings. The molecule has 4 rings (SSSR count). The molecule has 1 aliphatic carbocycles. The number of rotatable bonds is 5. The van der Waals surface area contributed by atoms with Crippen LogP contribution in [-0.4, -0.2) is 44.7 Å². The van der Waals surface area contributed by atoms with Crippen LogP contribution >= 0.6 is 0 Å². The molecule has 8 heteroatoms. The molecule has 0 unspecified atom stereocenters. The van der Waals surface area contributed by atoms with Crippen LogP contribution in [-0.2, 0) is 0 Å². The number of aromatic nitrogens is 5. The lowest BCUT2D eigenvalue weighted by atomic mass is 9.86. The average Bonchev–Trinajstić information content (AvgIpc) is 3.12. The van der Waals surface area contributed by atoms with Gasteiger partial charge in [0.1, 0.15) is 5.75 Å². The lowest BCUT2D eigenvalue weighted by Crippen LogP contribution is -2.29. The number of nitrogens with one attached hydrogen (secondary N) is 1. The summed E-state index contributed by atoms with van der Waals surface area (Å²) in [7, 11) is 1.64. The standard InChI is InChI=1S/C18H23N7O/c1-26-15-8-6-14(7-9-15)25-17-16(23-24-25)11-20-18(22-17)21-13-4-2-12(10-19)3-5-13/h6-9,11-13H,2-5,10,19H2,1H3,(H,20,21,22)/t12-,13-. The maximum Gasteiger partial charge on any atom is 0.225 e. The predicted molar refractivity (Wildman–Crippen MR) is 99.4 cm³/mol. The Bertz CT molecular complexity index is 869. The van der Waals surface area contributed by atoms with Gasteiger partial charge in [-0.25, -0.2) is 4.98 Å². The first-order valence-electron chi connectivity index (χ1n) is 8.96. The second-order valence-corrected chi connectivity index (χ2v) is 6.70. The molecule has 1 fully saturated rings. The van der Waals surface area contributed by atoms with Crippen LogP contribution in [0.25, 0.3) is 16.9 Å². The fourth-order valence-electron chi connectivity index (χ4n) is 3.42. The Morgan fingerprint density at radius 2 is 1.96 bits per heavy atom. The van der Waals surface area contributed by atoms with Gasteiger partial charge in [-0.15, -0.1) is 5.10 Å². The van der Waals surface area contributed by atoms with Crippen molar-refractivity contribution in [2.24, 2.45) is 11.7 Å². The molecule has 2 aromatic heterocycles. The van der Waals surface area contributed by atoms with Crippen molar-refractivity contribution in [3.63, 3.8) is 0 Å². The highest BCUT2D eigenvalue weighted by atomic mass is 16.5. The molecule has 1 saturated carbocycles. The van der Waals surface area contributed by atoms with Gasteiger partial charge in [-0.1, -0.05) is 5.21 Å². The lowest BCUT2D eigenvalue weighted by molar-refractivity contribution is 0.344. The first-order chi connectivity index (χ1) is 12.8. The number of ether oxygens (including phenoxy) is 1. The van der Waals surface area contributed by atoms with Crippen molar-refractivity contribution < 1.29 is 4.74 Å². The first-order valence-corrected chi connectivity index (χ1v) is 8.96. The van der Waals surface area contributed by atoms with Gasteiger partial charge in [-0.05, 0) is 62.4 Å². The van der Waals surface area contributed by atoms with E-state index in [-0.39, 0.29) is 0 Å². The normalized spacial score (nSPS) is 20.2. The molecular formula is C18H23N7O. The molecule has 3 N–H and O–H groups in total. The summed E-state index contributed by atoms with van der Waals surface area (Å²) in [4.78, 5) is 9.04. The molecule has 0 amide bonds. The van der Waals surface area contributed by atoms with E-state index in [0.29, 0.717) is 29.1 Å². The van der Waals surface area contributed by atoms with Gasteiger partial charge in [0.2, 0.25) is 5.95 Å². The number of anilines is 1. The maximum atomic E-state index is 5.77. The highest BCUT2D eigenvalue weighted by molar-refractivity contribution is 5.72. The van der Waals surface area contributed by atoms with E-state index >= 15 is 0 Å². The molecule has 8 nitrogen and oxygen atoms in total. The largest absolute Gasteiger partial charge is 0.497 e. The van der Waals surface area contributed by atoms with Gasteiger partial charge >= 0.3 is 0 Å². The zero-order valence-electron chi connectivity index (χ0n) is 14.8. The van der Waals surface area contributed by atoms with Crippen molar-refractivity contribution in [2.75, 3.05) is 19.0 Å². The fourth-order valence-corrected chi connectivity index (χ4v) is 3.42. The number of nitrogens with two attached hydrogens (primary N) is 1. The highest BCUT2D eigenvalue weighted by Crippen LogP contribution is 2.25. The maximum absolute atomic E-state index is 5.77. The Labute approximate surface area is 151 Å². The number of nitrogens with zero attached hydrogens (tertiary/aromatic N) is 5. The van der Waals surface area contributed by atoms with Crippen LogP contribution in [0, 0.1) is 5.92 Å². The van der Waals surface area contributed by atoms with Crippen LogP contribution in [0.4, 0.5) is 5.95 Å². The van der Waals surface area contributed by atoms with Crippen LogP contribution in [0.5, 0.6) is 5.75 Å². The number of hydrogen-bond acceptors (Lipinski definition) is 7. The molecule has 0 radical (unpaired) electrons. The van der Waals surface area contributed by atoms with Gasteiger partial charge < -0.3 is 15.8 Å². The second kappa shape index (κ2) is 7.25. The quantitative estimate of drug-likeness (QED) is 0.724. The predicted octanol–water partition coefficient (Wildman–Crippen LogP) is 2.15. The van der Waals surface area contributed by atoms with E-state index in [1.165, 1.54) is 0 Å². The van der Waals surface area contributed by atoms with E-state index in [0.717, 1.165) is 43.7 Å². The van der Waals surface area contributed by atoms with Crippen LogP contribution < -0.4 is 15.8 Å². The molecule has 2 heterocycles. The zero-order valence-corrected chi connectivity index (χ0v) is 14.8. The van der Waals surface area contributed by atoms with Gasteiger partial charge in [-0.2, -0.15) is 9.67 Å². The Morgan fingerprint density at radius 1 is 1.19 bits per heavy atom. The summed E-state index contributed by atoms with van der Waals surface area (Å²) in [6, 6.07) is 8.02. The number of methoxy groups -OCH3 is 1. The Balaban J connectivity index is 1.56. The molecule has 26 heavy (non-hydrogen) atoms. The SMILES string of the molecule is COc1ccc(-n2nnc3cnc(N[C@H]4CC[C@H](CN)CC4)nc32)cc1. The van der Waals surface area contributed by atoms with Crippen molar-refractivity contribution in [1.82, 2.24) is 25.0 Å². The summed E-state index contributed by atoms with van der Waals surface area (Å²) in [5.74, 6) is 2.06. The minimum atomic E-state index is 0.389. The van der Waals surface area contributed by atoms with Gasteiger partial charge in [0.25, 0.3) is 0 Å². The smallest absolute Gasteiger partial charge is 0.225 e. The van der Waals surface area contributed by atoms with Crippen LogP contribution in [0.2, 0.25) is 0 Å². The van der Waals surface area contributed by atoms with Crippen molar-refractivity contribution >= 4 is 17.1 Å².